The van der Waals surface area contributed by atoms with Crippen LogP contribution < -0.4 is 21.3 Å². The van der Waals surface area contributed by atoms with Crippen molar-refractivity contribution in [3.63, 3.8) is 0 Å². The second kappa shape index (κ2) is 32.7. The van der Waals surface area contributed by atoms with Gasteiger partial charge in [-0.3, -0.25) is 52.7 Å². The van der Waals surface area contributed by atoms with E-state index in [9.17, 15) is 56.3 Å². The molecule has 1 spiro atoms. The number of rotatable bonds is 10. The molecule has 514 valence electrons. The highest BCUT2D eigenvalue weighted by atomic mass is 35.5. The fourth-order valence-electron chi connectivity index (χ4n) is 13.3. The average molecular weight is 1330 g/mol. The van der Waals surface area contributed by atoms with Crippen molar-refractivity contribution in [1.82, 2.24) is 55.6 Å². The molecule has 22 nitrogen and oxygen atoms in total. The summed E-state index contributed by atoms with van der Waals surface area (Å²) in [5, 5.41) is 11.1. The molecule has 2 saturated carbocycles. The first-order valence-corrected chi connectivity index (χ1v) is 33.0. The van der Waals surface area contributed by atoms with Gasteiger partial charge < -0.3 is 55.6 Å². The third-order valence-corrected chi connectivity index (χ3v) is 19.4. The van der Waals surface area contributed by atoms with Crippen LogP contribution in [0.1, 0.15) is 147 Å². The van der Waals surface area contributed by atoms with Crippen molar-refractivity contribution < 1.29 is 65.9 Å². The first-order valence-electron chi connectivity index (χ1n) is 32.6. The first kappa shape index (κ1) is 74.7. The van der Waals surface area contributed by atoms with Gasteiger partial charge in [-0.1, -0.05) is 107 Å². The van der Waals surface area contributed by atoms with E-state index in [4.69, 9.17) is 11.6 Å². The molecule has 0 radical (unpaired) electrons. The molecule has 2 heterocycles. The minimum absolute atomic E-state index is 0.0408. The molecule has 4 fully saturated rings. The molecule has 2 aliphatic heterocycles. The molecule has 2 aromatic rings. The average Bonchev–Trinajstić information content (AvgIpc) is 1.71. The maximum atomic E-state index is 15.2. The summed E-state index contributed by atoms with van der Waals surface area (Å²) >= 11 is 6.12. The molecule has 0 bridgehead atoms. The number of nitrogens with zero attached hydrogens (tertiary/aromatic N) is 7. The van der Waals surface area contributed by atoms with Gasteiger partial charge in [0.2, 0.25) is 65.0 Å². The van der Waals surface area contributed by atoms with Crippen LogP contribution in [-0.4, -0.2) is 216 Å². The number of alkyl halides is 3. The number of fused-ring (bicyclic) bond motifs is 1. The van der Waals surface area contributed by atoms with Crippen LogP contribution in [0.3, 0.4) is 0 Å². The molecule has 93 heavy (non-hydrogen) atoms. The molecule has 2 aromatic carbocycles. The minimum Gasteiger partial charge on any atom is -0.351 e. The monoisotopic (exact) mass is 1320 g/mol. The number of carbonyl (C=O) groups excluding carboxylic acids is 11. The molecule has 26 heteroatoms. The van der Waals surface area contributed by atoms with Crippen LogP contribution in [0.2, 0.25) is 5.02 Å². The van der Waals surface area contributed by atoms with E-state index in [0.717, 1.165) is 50.1 Å². The van der Waals surface area contributed by atoms with Gasteiger partial charge in [0.05, 0.1) is 30.2 Å². The van der Waals surface area contributed by atoms with E-state index in [1.165, 1.54) is 63.1 Å². The SMILES string of the molecule is CC[C@H](C)[C@@H]1NC(=O)[C@H](CC(C)C)N(C)C(=O)C[C@@H](C)NC(=O)C(C2CCCC2)N(C)C(=O)C2(CCCC2)NC(=O)[C@@H]2CCCN2C(=O)[C@H](CCc2ccc(C(F)(F)F)c(Cl)c2)NC(=O)CN(C)C(=O)[C@H](Cc2ccc(C)cc2)N(C)C(=O)CN(C)C(=O)CN(C)C1=O. The highest BCUT2D eigenvalue weighted by Crippen LogP contribution is 2.38. The number of likely N-dealkylation sites (N-methyl/N-ethyl adjacent to an activating group) is 6. The van der Waals surface area contributed by atoms with Crippen molar-refractivity contribution in [3.8, 4) is 0 Å². The van der Waals surface area contributed by atoms with Gasteiger partial charge in [-0.15, -0.1) is 0 Å². The molecule has 2 aliphatic carbocycles. The molecule has 4 N–H and O–H groups in total. The Hall–Kier alpha value is -7.31. The molecule has 0 aromatic heterocycles. The second-order valence-corrected chi connectivity index (χ2v) is 27.2. The van der Waals surface area contributed by atoms with Gasteiger partial charge in [0.25, 0.3) is 0 Å². The Balaban J connectivity index is 1.38. The van der Waals surface area contributed by atoms with Crippen LogP contribution in [0, 0.1) is 24.7 Å². The predicted molar refractivity (Wildman–Crippen MR) is 343 cm³/mol. The number of aryl methyl sites for hydroxylation is 2. The van der Waals surface area contributed by atoms with E-state index in [2.05, 4.69) is 21.3 Å². The van der Waals surface area contributed by atoms with Crippen molar-refractivity contribution in [2.24, 2.45) is 17.8 Å². The van der Waals surface area contributed by atoms with Gasteiger partial charge >= 0.3 is 6.18 Å². The number of carbonyl (C=O) groups is 11. The highest BCUT2D eigenvalue weighted by Gasteiger charge is 2.50. The van der Waals surface area contributed by atoms with Crippen molar-refractivity contribution in [1.29, 1.82) is 0 Å². The van der Waals surface area contributed by atoms with Gasteiger partial charge in [0.1, 0.15) is 41.8 Å². The Labute approximate surface area is 550 Å². The maximum absolute atomic E-state index is 15.2. The van der Waals surface area contributed by atoms with Crippen LogP contribution in [0.25, 0.3) is 0 Å². The van der Waals surface area contributed by atoms with E-state index < -0.39 is 155 Å². The third-order valence-electron chi connectivity index (χ3n) is 19.1. The highest BCUT2D eigenvalue weighted by molar-refractivity contribution is 6.31. The molecule has 11 amide bonds. The Bertz CT molecular complexity index is 3050. The van der Waals surface area contributed by atoms with Crippen LogP contribution >= 0.6 is 11.6 Å². The van der Waals surface area contributed by atoms with Gasteiger partial charge in [-0.2, -0.15) is 13.2 Å². The van der Waals surface area contributed by atoms with Crippen LogP contribution in [0.4, 0.5) is 13.2 Å². The normalized spacial score (nSPS) is 25.6. The summed E-state index contributed by atoms with van der Waals surface area (Å²) in [4.78, 5) is 169. The Morgan fingerprint density at radius 1 is 0.645 bits per heavy atom. The zero-order valence-electron chi connectivity index (χ0n) is 56.1. The van der Waals surface area contributed by atoms with Gasteiger partial charge in [-0.25, -0.2) is 0 Å². The quantitative estimate of drug-likeness (QED) is 0.238. The van der Waals surface area contributed by atoms with E-state index in [-0.39, 0.29) is 69.7 Å². The van der Waals surface area contributed by atoms with Crippen molar-refractivity contribution in [2.75, 3.05) is 68.5 Å². The number of halogens is 4. The summed E-state index contributed by atoms with van der Waals surface area (Å²) in [7, 11) is 8.49. The van der Waals surface area contributed by atoms with E-state index in [1.807, 2.05) is 39.8 Å². The van der Waals surface area contributed by atoms with Crippen LogP contribution in [0.15, 0.2) is 42.5 Å². The Kier molecular flexibility index (Phi) is 26.3. The van der Waals surface area contributed by atoms with Crippen molar-refractivity contribution in [3.05, 3.63) is 69.7 Å². The number of hydrogen-bond donors (Lipinski definition) is 4. The lowest BCUT2D eigenvalue weighted by molar-refractivity contribution is -0.149. The number of hydrogen-bond acceptors (Lipinski definition) is 11. The number of amides is 11. The van der Waals surface area contributed by atoms with Crippen LogP contribution in [-0.2, 0) is 71.8 Å². The molecule has 4 aliphatic rings. The summed E-state index contributed by atoms with van der Waals surface area (Å²) in [6, 6.07) is 2.51. The predicted octanol–water partition coefficient (Wildman–Crippen LogP) is 5.28. The molecule has 2 saturated heterocycles. The number of nitrogens with one attached hydrogen (secondary N) is 4. The van der Waals surface area contributed by atoms with E-state index in [1.54, 1.807) is 26.0 Å². The topological polar surface area (TPSA) is 259 Å². The van der Waals surface area contributed by atoms with Gasteiger partial charge in [0.15, 0.2) is 0 Å². The summed E-state index contributed by atoms with van der Waals surface area (Å²) in [5.74, 6) is -7.76. The smallest absolute Gasteiger partial charge is 0.351 e. The van der Waals surface area contributed by atoms with Crippen molar-refractivity contribution >= 4 is 76.6 Å². The maximum Gasteiger partial charge on any atom is 0.417 e. The minimum atomic E-state index is -4.75. The van der Waals surface area contributed by atoms with E-state index >= 15 is 9.59 Å². The van der Waals surface area contributed by atoms with Crippen LogP contribution in [0.5, 0.6) is 0 Å². The third kappa shape index (κ3) is 19.2. The Morgan fingerprint density at radius 2 is 1.25 bits per heavy atom. The zero-order chi connectivity index (χ0) is 69.0. The van der Waals surface area contributed by atoms with Gasteiger partial charge in [0, 0.05) is 67.7 Å². The molecule has 1 unspecified atom stereocenters. The van der Waals surface area contributed by atoms with Gasteiger partial charge in [-0.05, 0) is 113 Å². The summed E-state index contributed by atoms with van der Waals surface area (Å²) < 4.78 is 41.4. The summed E-state index contributed by atoms with van der Waals surface area (Å²) in [6.45, 7) is 9.23. The largest absolute Gasteiger partial charge is 0.417 e. The fraction of sp³-hybridized carbons (Fsp3) is 0.657. The lowest BCUT2D eigenvalue weighted by Crippen LogP contribution is -2.64. The zero-order valence-corrected chi connectivity index (χ0v) is 56.8. The second-order valence-electron chi connectivity index (χ2n) is 26.8. The molecular weight excluding hydrogens is 1230 g/mol. The lowest BCUT2D eigenvalue weighted by atomic mass is 9.90. The lowest BCUT2D eigenvalue weighted by Gasteiger charge is -2.40. The van der Waals surface area contributed by atoms with Crippen molar-refractivity contribution in [2.45, 2.75) is 198 Å². The summed E-state index contributed by atoms with van der Waals surface area (Å²) in [5.41, 5.74) is -0.690. The molecule has 8 atom stereocenters. The standard InChI is InChI=1S/C67H97ClF3N11O11/c1-13-42(5)57-64(92)78(9)38-55(85)76(7)39-56(86)80(11)52(36-45-24-22-41(4)23-25-45)63(91)77(8)37-53(83)73-49(29-27-44-26-28-47(48(68)35-44)67(69,70)71)62(90)82-32-18-21-50(82)60(88)75-66(30-16-17-31-66)65(93)81(12)58(46-19-14-15-20-46)61(89)72-43(6)34-54(84)79(10)51(33-40(2)3)59(87)74-57/h22-26,28,35,40,42-43,46,49-52,57-58H,13-21,27,29-34,36-39H2,1-12H3,(H,72,89)(H,73,83)(H,74,87)(H,75,88)/t42-,43+,49-,50-,51-,52-,57-,58?/m0/s1. The fourth-order valence-corrected chi connectivity index (χ4v) is 13.6. The molecule has 6 rings (SSSR count). The molecular formula is C67H97ClF3N11O11. The summed E-state index contributed by atoms with van der Waals surface area (Å²) in [6.07, 6.45) is 0.256. The Morgan fingerprint density at radius 3 is 1.85 bits per heavy atom. The first-order chi connectivity index (χ1) is 43.7. The van der Waals surface area contributed by atoms with E-state index in [0.29, 0.717) is 49.7 Å². The number of benzene rings is 2.